The molecule has 1 amide bonds. The first kappa shape index (κ1) is 13.9. The second-order valence-corrected chi connectivity index (χ2v) is 7.14. The molecule has 1 heterocycles. The number of aromatic amines is 1. The van der Waals surface area contributed by atoms with Crippen LogP contribution in [0.4, 0.5) is 0 Å². The third kappa shape index (κ3) is 3.18. The topological polar surface area (TPSA) is 44.9 Å². The molecule has 0 bridgehead atoms. The molecule has 0 atom stereocenters. The quantitative estimate of drug-likeness (QED) is 0.685. The van der Waals surface area contributed by atoms with Crippen LogP contribution in [0.25, 0.3) is 10.9 Å². The summed E-state index contributed by atoms with van der Waals surface area (Å²) in [4.78, 5) is 14.8. The number of aromatic nitrogens is 1. The number of likely N-dealkylation sites (N-methyl/N-ethyl adjacent to an activating group) is 1. The standard InChI is InChI=1S/C17H16N2OSe/c1-18-17(20)10-12-7-8-14-15(9-12)19-11-16(14)21-13-5-3-2-4-6-13/h2-9,11,19H,10H2,1H3,(H,18,20). The van der Waals surface area contributed by atoms with Gasteiger partial charge in [-0.1, -0.05) is 0 Å². The molecule has 3 rings (SSSR count). The van der Waals surface area contributed by atoms with Crippen molar-refractivity contribution in [2.75, 3.05) is 7.05 Å². The molecule has 1 aromatic heterocycles. The zero-order chi connectivity index (χ0) is 14.7. The van der Waals surface area contributed by atoms with Gasteiger partial charge < -0.3 is 0 Å². The van der Waals surface area contributed by atoms with Crippen molar-refractivity contribution in [3.63, 3.8) is 0 Å². The summed E-state index contributed by atoms with van der Waals surface area (Å²) < 4.78 is 2.70. The van der Waals surface area contributed by atoms with Gasteiger partial charge in [0, 0.05) is 0 Å². The third-order valence-electron chi connectivity index (χ3n) is 3.32. The molecule has 106 valence electrons. The van der Waals surface area contributed by atoms with E-state index in [2.05, 4.69) is 52.9 Å². The summed E-state index contributed by atoms with van der Waals surface area (Å²) in [5, 5.41) is 3.90. The van der Waals surface area contributed by atoms with Crippen LogP contribution in [-0.4, -0.2) is 32.9 Å². The Balaban J connectivity index is 1.87. The molecule has 4 heteroatoms. The minimum atomic E-state index is 0.0367. The number of hydrogen-bond acceptors (Lipinski definition) is 1. The van der Waals surface area contributed by atoms with Crippen molar-refractivity contribution in [3.05, 3.63) is 60.3 Å². The minimum absolute atomic E-state index is 0.0367. The zero-order valence-electron chi connectivity index (χ0n) is 11.7. The molecule has 0 aliphatic rings. The fourth-order valence-corrected chi connectivity index (χ4v) is 4.23. The Morgan fingerprint density at radius 2 is 2.00 bits per heavy atom. The average Bonchev–Trinajstić information content (AvgIpc) is 2.90. The Kier molecular flexibility index (Phi) is 4.09. The normalized spacial score (nSPS) is 10.7. The predicted octanol–water partition coefficient (Wildman–Crippen LogP) is 1.11. The zero-order valence-corrected chi connectivity index (χ0v) is 13.4. The number of H-pyrrole nitrogens is 1. The van der Waals surface area contributed by atoms with Gasteiger partial charge in [-0.15, -0.1) is 0 Å². The molecule has 0 unspecified atom stereocenters. The van der Waals surface area contributed by atoms with E-state index < -0.39 is 0 Å². The van der Waals surface area contributed by atoms with Crippen LogP contribution in [-0.2, 0) is 11.2 Å². The predicted molar refractivity (Wildman–Crippen MR) is 87.5 cm³/mol. The van der Waals surface area contributed by atoms with Crippen molar-refractivity contribution < 1.29 is 4.79 Å². The fraction of sp³-hybridized carbons (Fsp3) is 0.118. The van der Waals surface area contributed by atoms with E-state index in [1.165, 1.54) is 14.3 Å². The van der Waals surface area contributed by atoms with Gasteiger partial charge in [0.2, 0.25) is 0 Å². The van der Waals surface area contributed by atoms with Gasteiger partial charge in [0.15, 0.2) is 0 Å². The van der Waals surface area contributed by atoms with E-state index in [0.29, 0.717) is 21.4 Å². The summed E-state index contributed by atoms with van der Waals surface area (Å²) in [6.45, 7) is 0. The van der Waals surface area contributed by atoms with E-state index in [1.54, 1.807) is 7.05 Å². The van der Waals surface area contributed by atoms with Crippen molar-refractivity contribution in [2.24, 2.45) is 0 Å². The van der Waals surface area contributed by atoms with Crippen LogP contribution >= 0.6 is 0 Å². The van der Waals surface area contributed by atoms with Gasteiger partial charge in [-0.3, -0.25) is 0 Å². The van der Waals surface area contributed by atoms with Gasteiger partial charge in [0.05, 0.1) is 0 Å². The molecular formula is C17H16N2OSe. The Morgan fingerprint density at radius 1 is 1.19 bits per heavy atom. The maximum absolute atomic E-state index is 11.4. The fourth-order valence-electron chi connectivity index (χ4n) is 2.23. The number of amides is 1. The second kappa shape index (κ2) is 6.17. The average molecular weight is 343 g/mol. The van der Waals surface area contributed by atoms with Crippen LogP contribution in [0.2, 0.25) is 0 Å². The maximum atomic E-state index is 11.4. The number of hydrogen-bond donors (Lipinski definition) is 2. The number of rotatable bonds is 4. The van der Waals surface area contributed by atoms with Gasteiger partial charge in [-0.2, -0.15) is 0 Å². The van der Waals surface area contributed by atoms with Crippen molar-refractivity contribution in [1.29, 1.82) is 0 Å². The van der Waals surface area contributed by atoms with Crippen molar-refractivity contribution in [3.8, 4) is 0 Å². The summed E-state index contributed by atoms with van der Waals surface area (Å²) in [6.07, 6.45) is 2.51. The van der Waals surface area contributed by atoms with Crippen LogP contribution in [0.3, 0.4) is 0 Å². The van der Waals surface area contributed by atoms with Crippen LogP contribution in [0, 0.1) is 0 Å². The molecule has 0 fully saturated rings. The van der Waals surface area contributed by atoms with E-state index >= 15 is 0 Å². The van der Waals surface area contributed by atoms with E-state index in [4.69, 9.17) is 0 Å². The van der Waals surface area contributed by atoms with Gasteiger partial charge in [0.25, 0.3) is 0 Å². The van der Waals surface area contributed by atoms with Gasteiger partial charge in [0.1, 0.15) is 0 Å². The van der Waals surface area contributed by atoms with Gasteiger partial charge in [-0.05, 0) is 0 Å². The third-order valence-corrected chi connectivity index (χ3v) is 5.56. The Hall–Kier alpha value is -2.03. The molecule has 2 N–H and O–H groups in total. The number of carbonyl (C=O) groups is 1. The summed E-state index contributed by atoms with van der Waals surface area (Å²) in [5.41, 5.74) is 2.13. The molecule has 0 spiro atoms. The molecule has 0 aliphatic heterocycles. The van der Waals surface area contributed by atoms with Crippen molar-refractivity contribution in [1.82, 2.24) is 10.3 Å². The first-order valence-electron chi connectivity index (χ1n) is 6.80. The molecule has 0 aliphatic carbocycles. The van der Waals surface area contributed by atoms with Crippen LogP contribution in [0.1, 0.15) is 5.56 Å². The summed E-state index contributed by atoms with van der Waals surface area (Å²) in [6, 6.07) is 16.7. The Morgan fingerprint density at radius 3 is 2.76 bits per heavy atom. The molecule has 3 aromatic rings. The van der Waals surface area contributed by atoms with E-state index in [9.17, 15) is 4.79 Å². The number of carbonyl (C=O) groups excluding carboxylic acids is 1. The molecule has 0 saturated heterocycles. The van der Waals surface area contributed by atoms with Crippen LogP contribution in [0.5, 0.6) is 0 Å². The molecule has 3 nitrogen and oxygen atoms in total. The first-order chi connectivity index (χ1) is 10.3. The molecule has 0 radical (unpaired) electrons. The molecular weight excluding hydrogens is 327 g/mol. The van der Waals surface area contributed by atoms with E-state index in [0.717, 1.165) is 11.1 Å². The number of nitrogens with one attached hydrogen (secondary N) is 2. The molecule has 0 saturated carbocycles. The van der Waals surface area contributed by atoms with Gasteiger partial charge >= 0.3 is 130 Å². The SMILES string of the molecule is CNC(=O)Cc1ccc2c([Se]c3ccccc3)c[nH]c2c1. The van der Waals surface area contributed by atoms with E-state index in [-0.39, 0.29) is 5.91 Å². The van der Waals surface area contributed by atoms with Crippen molar-refractivity contribution >= 4 is 40.7 Å². The number of fused-ring (bicyclic) bond motifs is 1. The van der Waals surface area contributed by atoms with Crippen LogP contribution in [0.15, 0.2) is 54.7 Å². The van der Waals surface area contributed by atoms with Gasteiger partial charge in [-0.25, -0.2) is 0 Å². The second-order valence-electron chi connectivity index (χ2n) is 4.80. The van der Waals surface area contributed by atoms with Crippen LogP contribution < -0.4 is 14.2 Å². The summed E-state index contributed by atoms with van der Waals surface area (Å²) in [7, 11) is 1.66. The number of benzene rings is 2. The molecule has 21 heavy (non-hydrogen) atoms. The van der Waals surface area contributed by atoms with Crippen molar-refractivity contribution in [2.45, 2.75) is 6.42 Å². The first-order valence-corrected chi connectivity index (χ1v) is 8.51. The van der Waals surface area contributed by atoms with E-state index in [1.807, 2.05) is 12.1 Å². The summed E-state index contributed by atoms with van der Waals surface area (Å²) >= 11 is 0.293. The molecule has 2 aromatic carbocycles. The Labute approximate surface area is 129 Å². The Bertz CT molecular complexity index is 765. The summed E-state index contributed by atoms with van der Waals surface area (Å²) in [5.74, 6) is 0.0367. The monoisotopic (exact) mass is 344 g/mol.